The van der Waals surface area contributed by atoms with Gasteiger partial charge in [0, 0.05) is 24.8 Å². The maximum atomic E-state index is 13.8. The Morgan fingerprint density at radius 1 is 1.38 bits per heavy atom. The molecule has 26 heavy (non-hydrogen) atoms. The van der Waals surface area contributed by atoms with Gasteiger partial charge in [-0.25, -0.2) is 9.37 Å². The number of likely N-dealkylation sites (tertiary alicyclic amines) is 1. The molecule has 0 aliphatic carbocycles. The Morgan fingerprint density at radius 3 is 3.04 bits per heavy atom. The number of nitrogens with zero attached hydrogens (tertiary/aromatic N) is 2. The predicted molar refractivity (Wildman–Crippen MR) is 97.3 cm³/mol. The van der Waals surface area contributed by atoms with Gasteiger partial charge >= 0.3 is 0 Å². The summed E-state index contributed by atoms with van der Waals surface area (Å²) in [4.78, 5) is 18.8. The second-order valence-electron chi connectivity index (χ2n) is 6.16. The molecule has 1 aromatic carbocycles. The van der Waals surface area contributed by atoms with Crippen molar-refractivity contribution in [1.29, 1.82) is 0 Å². The van der Waals surface area contributed by atoms with Crippen molar-refractivity contribution in [3.05, 3.63) is 66.6 Å². The summed E-state index contributed by atoms with van der Waals surface area (Å²) in [7, 11) is 0. The minimum atomic E-state index is -0.459. The molecular weight excluding hydrogens is 333 g/mol. The smallest absolute Gasteiger partial charge is 0.237 e. The fourth-order valence-corrected chi connectivity index (χ4v) is 3.09. The number of ether oxygens (including phenoxy) is 1. The summed E-state index contributed by atoms with van der Waals surface area (Å²) in [5, 5.41) is 2.94. The number of hydrogen-bond donors (Lipinski definition) is 1. The summed E-state index contributed by atoms with van der Waals surface area (Å²) in [5.74, 6) is -0.0943. The normalized spacial score (nSPS) is 17.0. The van der Waals surface area contributed by atoms with Gasteiger partial charge in [-0.15, -0.1) is 6.58 Å². The monoisotopic (exact) mass is 355 g/mol. The first-order valence-corrected chi connectivity index (χ1v) is 8.68. The molecule has 3 rings (SSSR count). The first-order chi connectivity index (χ1) is 12.7. The second kappa shape index (κ2) is 8.58. The zero-order chi connectivity index (χ0) is 18.4. The van der Waals surface area contributed by atoms with Crippen molar-refractivity contribution in [2.45, 2.75) is 25.4 Å². The van der Waals surface area contributed by atoms with Crippen LogP contribution in [0.25, 0.3) is 0 Å². The van der Waals surface area contributed by atoms with Gasteiger partial charge in [-0.3, -0.25) is 9.69 Å². The van der Waals surface area contributed by atoms with E-state index in [2.05, 4.69) is 21.8 Å². The second-order valence-corrected chi connectivity index (χ2v) is 6.16. The summed E-state index contributed by atoms with van der Waals surface area (Å²) >= 11 is 0. The third-order valence-corrected chi connectivity index (χ3v) is 4.38. The molecule has 2 aromatic rings. The minimum Gasteiger partial charge on any atom is -0.436 e. The van der Waals surface area contributed by atoms with Crippen LogP contribution in [0.1, 0.15) is 18.4 Å². The Bertz CT molecular complexity index is 781. The van der Waals surface area contributed by atoms with Crippen molar-refractivity contribution in [3.8, 4) is 11.6 Å². The maximum absolute atomic E-state index is 13.8. The topological polar surface area (TPSA) is 54.5 Å². The van der Waals surface area contributed by atoms with Crippen LogP contribution in [0.2, 0.25) is 0 Å². The van der Waals surface area contributed by atoms with Crippen LogP contribution in [-0.2, 0) is 11.3 Å². The number of carbonyl (C=O) groups excluding carboxylic acids is 1. The lowest BCUT2D eigenvalue weighted by Gasteiger charge is -2.22. The van der Waals surface area contributed by atoms with Crippen LogP contribution in [0.15, 0.2) is 55.3 Å². The number of pyridine rings is 1. The molecule has 0 spiro atoms. The molecule has 2 heterocycles. The molecule has 1 amide bonds. The summed E-state index contributed by atoms with van der Waals surface area (Å²) < 4.78 is 19.4. The number of nitrogens with one attached hydrogen (secondary N) is 1. The highest BCUT2D eigenvalue weighted by molar-refractivity contribution is 5.82. The fraction of sp³-hybridized carbons (Fsp3) is 0.300. The molecule has 1 aliphatic heterocycles. The third-order valence-electron chi connectivity index (χ3n) is 4.38. The van der Waals surface area contributed by atoms with E-state index in [9.17, 15) is 9.18 Å². The Morgan fingerprint density at radius 2 is 2.23 bits per heavy atom. The number of amides is 1. The van der Waals surface area contributed by atoms with Gasteiger partial charge in [0.25, 0.3) is 0 Å². The molecule has 1 N–H and O–H groups in total. The number of benzene rings is 1. The number of aromatic nitrogens is 1. The van der Waals surface area contributed by atoms with Crippen molar-refractivity contribution < 1.29 is 13.9 Å². The lowest BCUT2D eigenvalue weighted by atomic mass is 10.2. The number of para-hydroxylation sites is 1. The van der Waals surface area contributed by atoms with Gasteiger partial charge in [0.2, 0.25) is 11.8 Å². The molecule has 1 aliphatic rings. The van der Waals surface area contributed by atoms with E-state index in [-0.39, 0.29) is 30.1 Å². The van der Waals surface area contributed by atoms with Crippen LogP contribution in [0.3, 0.4) is 0 Å². The van der Waals surface area contributed by atoms with Gasteiger partial charge in [0.1, 0.15) is 0 Å². The van der Waals surface area contributed by atoms with Crippen molar-refractivity contribution in [2.75, 3.05) is 13.1 Å². The fourth-order valence-electron chi connectivity index (χ4n) is 3.09. The summed E-state index contributed by atoms with van der Waals surface area (Å²) in [6.07, 6.45) is 5.23. The number of carbonyl (C=O) groups is 1. The first-order valence-electron chi connectivity index (χ1n) is 8.68. The number of hydrogen-bond acceptors (Lipinski definition) is 4. The number of rotatable bonds is 7. The van der Waals surface area contributed by atoms with E-state index in [1.807, 2.05) is 6.08 Å². The summed E-state index contributed by atoms with van der Waals surface area (Å²) in [6.45, 7) is 5.62. The highest BCUT2D eigenvalue weighted by Crippen LogP contribution is 2.25. The van der Waals surface area contributed by atoms with Crippen LogP contribution < -0.4 is 10.1 Å². The SMILES string of the molecule is C=CCN1CCCC1C(=O)NCc1cccnc1Oc1ccccc1F. The molecule has 5 nitrogen and oxygen atoms in total. The lowest BCUT2D eigenvalue weighted by Crippen LogP contribution is -2.43. The van der Waals surface area contributed by atoms with Crippen LogP contribution in [-0.4, -0.2) is 34.9 Å². The van der Waals surface area contributed by atoms with E-state index in [1.54, 1.807) is 30.5 Å². The van der Waals surface area contributed by atoms with E-state index in [1.165, 1.54) is 12.1 Å². The van der Waals surface area contributed by atoms with E-state index >= 15 is 0 Å². The average molecular weight is 355 g/mol. The maximum Gasteiger partial charge on any atom is 0.237 e. The molecule has 1 saturated heterocycles. The first kappa shape index (κ1) is 18.1. The Hall–Kier alpha value is -2.73. The molecular formula is C20H22FN3O2. The van der Waals surface area contributed by atoms with Crippen molar-refractivity contribution >= 4 is 5.91 Å². The van der Waals surface area contributed by atoms with Crippen molar-refractivity contribution in [3.63, 3.8) is 0 Å². The molecule has 1 aromatic heterocycles. The van der Waals surface area contributed by atoms with Crippen LogP contribution >= 0.6 is 0 Å². The lowest BCUT2D eigenvalue weighted by molar-refractivity contribution is -0.125. The number of halogens is 1. The quantitative estimate of drug-likeness (QED) is 0.775. The van der Waals surface area contributed by atoms with Gasteiger partial charge in [-0.2, -0.15) is 0 Å². The Labute approximate surface area is 152 Å². The molecule has 0 saturated carbocycles. The standard InChI is InChI=1S/C20H22FN3O2/c1-2-12-24-13-6-9-17(24)19(25)23-14-15-7-5-11-22-20(15)26-18-10-4-3-8-16(18)21/h2-5,7-8,10-11,17H,1,6,9,12-14H2,(H,23,25). The van der Waals surface area contributed by atoms with Gasteiger partial charge in [0.05, 0.1) is 6.04 Å². The average Bonchev–Trinajstić information content (AvgIpc) is 3.11. The Balaban J connectivity index is 1.66. The van der Waals surface area contributed by atoms with Crippen molar-refractivity contribution in [1.82, 2.24) is 15.2 Å². The molecule has 136 valence electrons. The van der Waals surface area contributed by atoms with Gasteiger partial charge < -0.3 is 10.1 Å². The van der Waals surface area contributed by atoms with Crippen LogP contribution in [0.5, 0.6) is 11.6 Å². The van der Waals surface area contributed by atoms with Crippen LogP contribution in [0.4, 0.5) is 4.39 Å². The molecule has 1 fully saturated rings. The van der Waals surface area contributed by atoms with Crippen LogP contribution in [0, 0.1) is 5.82 Å². The van der Waals surface area contributed by atoms with Gasteiger partial charge in [0.15, 0.2) is 11.6 Å². The van der Waals surface area contributed by atoms with E-state index in [0.29, 0.717) is 12.1 Å². The highest BCUT2D eigenvalue weighted by Gasteiger charge is 2.29. The predicted octanol–water partition coefficient (Wildman–Crippen LogP) is 3.28. The molecule has 0 radical (unpaired) electrons. The molecule has 1 unspecified atom stereocenters. The summed E-state index contributed by atoms with van der Waals surface area (Å²) in [6, 6.07) is 9.58. The minimum absolute atomic E-state index is 0.0231. The largest absolute Gasteiger partial charge is 0.436 e. The van der Waals surface area contributed by atoms with Gasteiger partial charge in [-0.05, 0) is 37.6 Å². The molecule has 0 bridgehead atoms. The van der Waals surface area contributed by atoms with Crippen molar-refractivity contribution in [2.24, 2.45) is 0 Å². The Kier molecular flexibility index (Phi) is 5.96. The summed E-state index contributed by atoms with van der Waals surface area (Å²) in [5.41, 5.74) is 0.692. The zero-order valence-electron chi connectivity index (χ0n) is 14.5. The van der Waals surface area contributed by atoms with E-state index in [0.717, 1.165) is 19.4 Å². The van der Waals surface area contributed by atoms with Gasteiger partial charge in [-0.1, -0.05) is 24.3 Å². The third kappa shape index (κ3) is 4.26. The van der Waals surface area contributed by atoms with E-state index in [4.69, 9.17) is 4.74 Å². The highest BCUT2D eigenvalue weighted by atomic mass is 19.1. The molecule has 1 atom stereocenters. The van der Waals surface area contributed by atoms with E-state index < -0.39 is 5.82 Å². The molecule has 6 heteroatoms. The zero-order valence-corrected chi connectivity index (χ0v) is 14.5.